The van der Waals surface area contributed by atoms with Gasteiger partial charge in [0.2, 0.25) is 24.4 Å². The molecule has 0 bridgehead atoms. The van der Waals surface area contributed by atoms with E-state index in [0.29, 0.717) is 23.2 Å². The highest BCUT2D eigenvalue weighted by atomic mass is 16.7. The van der Waals surface area contributed by atoms with Crippen molar-refractivity contribution in [2.45, 2.75) is 6.54 Å². The lowest BCUT2D eigenvalue weighted by atomic mass is 10.2. The van der Waals surface area contributed by atoms with Crippen molar-refractivity contribution < 1.29 is 18.8 Å². The Bertz CT molecular complexity index is 950. The van der Waals surface area contributed by atoms with Crippen LogP contribution in [-0.2, 0) is 11.3 Å². The SMILES string of the molecule is O=C(C=Cc1ccc2c(c1)OCO2)NCc1nc(-c2ccccc2)no1. The number of carbonyl (C=O) groups excluding carboxylic acids is 1. The standard InChI is InChI=1S/C19H15N3O4/c23-17(9-7-13-6-8-15-16(10-13)25-12-24-15)20-11-18-21-19(22-26-18)14-4-2-1-3-5-14/h1-10H,11-12H2,(H,20,23). The zero-order valence-corrected chi connectivity index (χ0v) is 13.7. The minimum atomic E-state index is -0.262. The molecule has 2 heterocycles. The summed E-state index contributed by atoms with van der Waals surface area (Å²) in [5, 5.41) is 6.62. The van der Waals surface area contributed by atoms with Gasteiger partial charge in [0.1, 0.15) is 0 Å². The van der Waals surface area contributed by atoms with Crippen LogP contribution in [0.25, 0.3) is 17.5 Å². The Morgan fingerprint density at radius 3 is 2.85 bits per heavy atom. The summed E-state index contributed by atoms with van der Waals surface area (Å²) in [6, 6.07) is 15.0. The first kappa shape index (κ1) is 15.9. The maximum atomic E-state index is 12.0. The van der Waals surface area contributed by atoms with E-state index in [2.05, 4.69) is 15.5 Å². The van der Waals surface area contributed by atoms with E-state index in [0.717, 1.165) is 11.1 Å². The molecule has 26 heavy (non-hydrogen) atoms. The van der Waals surface area contributed by atoms with Gasteiger partial charge in [-0.2, -0.15) is 4.98 Å². The number of carbonyl (C=O) groups is 1. The van der Waals surface area contributed by atoms with Crippen LogP contribution in [-0.4, -0.2) is 22.8 Å². The van der Waals surface area contributed by atoms with Crippen LogP contribution in [0.15, 0.2) is 59.1 Å². The van der Waals surface area contributed by atoms with Crippen molar-refractivity contribution in [3.8, 4) is 22.9 Å². The lowest BCUT2D eigenvalue weighted by molar-refractivity contribution is -0.116. The molecule has 7 heteroatoms. The van der Waals surface area contributed by atoms with Crippen LogP contribution < -0.4 is 14.8 Å². The summed E-state index contributed by atoms with van der Waals surface area (Å²) in [4.78, 5) is 16.2. The molecule has 1 N–H and O–H groups in total. The highest BCUT2D eigenvalue weighted by Gasteiger charge is 2.12. The van der Waals surface area contributed by atoms with Crippen molar-refractivity contribution in [3.05, 3.63) is 66.1 Å². The average Bonchev–Trinajstić information content (AvgIpc) is 3.34. The van der Waals surface area contributed by atoms with Crippen LogP contribution in [0.3, 0.4) is 0 Å². The van der Waals surface area contributed by atoms with Crippen LogP contribution in [0.2, 0.25) is 0 Å². The van der Waals surface area contributed by atoms with Gasteiger partial charge in [-0.15, -0.1) is 0 Å². The molecule has 1 aromatic heterocycles. The predicted molar refractivity (Wildman–Crippen MR) is 93.2 cm³/mol. The van der Waals surface area contributed by atoms with Gasteiger partial charge in [0.15, 0.2) is 11.5 Å². The predicted octanol–water partition coefficient (Wildman–Crippen LogP) is 2.79. The molecule has 7 nitrogen and oxygen atoms in total. The molecule has 1 aliphatic rings. The molecule has 1 aliphatic heterocycles. The summed E-state index contributed by atoms with van der Waals surface area (Å²) in [5.41, 5.74) is 1.70. The Kier molecular flexibility index (Phi) is 4.34. The molecular formula is C19H15N3O4. The summed E-state index contributed by atoms with van der Waals surface area (Å²) in [6.07, 6.45) is 3.13. The zero-order chi connectivity index (χ0) is 17.8. The molecule has 0 fully saturated rings. The molecule has 0 saturated heterocycles. The molecule has 130 valence electrons. The van der Waals surface area contributed by atoms with Gasteiger partial charge in [-0.25, -0.2) is 0 Å². The van der Waals surface area contributed by atoms with E-state index in [4.69, 9.17) is 14.0 Å². The summed E-state index contributed by atoms with van der Waals surface area (Å²) in [7, 11) is 0. The second-order valence-corrected chi connectivity index (χ2v) is 5.54. The zero-order valence-electron chi connectivity index (χ0n) is 13.7. The molecule has 0 aliphatic carbocycles. The maximum absolute atomic E-state index is 12.0. The number of rotatable bonds is 5. The normalized spacial score (nSPS) is 12.5. The number of hydrogen-bond acceptors (Lipinski definition) is 6. The highest BCUT2D eigenvalue weighted by molar-refractivity contribution is 5.91. The topological polar surface area (TPSA) is 86.5 Å². The van der Waals surface area contributed by atoms with E-state index >= 15 is 0 Å². The van der Waals surface area contributed by atoms with Gasteiger partial charge in [0, 0.05) is 11.6 Å². The summed E-state index contributed by atoms with van der Waals surface area (Å²) in [6.45, 7) is 0.377. The first-order valence-electron chi connectivity index (χ1n) is 8.01. The molecule has 2 aromatic carbocycles. The van der Waals surface area contributed by atoms with Gasteiger partial charge < -0.3 is 19.3 Å². The molecule has 1 amide bonds. The van der Waals surface area contributed by atoms with Gasteiger partial charge in [-0.05, 0) is 23.8 Å². The molecular weight excluding hydrogens is 334 g/mol. The van der Waals surface area contributed by atoms with Crippen LogP contribution >= 0.6 is 0 Å². The Hall–Kier alpha value is -3.61. The number of nitrogens with zero attached hydrogens (tertiary/aromatic N) is 2. The number of ether oxygens (including phenoxy) is 2. The van der Waals surface area contributed by atoms with E-state index < -0.39 is 0 Å². The van der Waals surface area contributed by atoms with E-state index in [1.807, 2.05) is 48.5 Å². The van der Waals surface area contributed by atoms with Crippen molar-refractivity contribution >= 4 is 12.0 Å². The van der Waals surface area contributed by atoms with Gasteiger partial charge in [-0.3, -0.25) is 4.79 Å². The molecule has 0 unspecified atom stereocenters. The van der Waals surface area contributed by atoms with Crippen molar-refractivity contribution in [3.63, 3.8) is 0 Å². The monoisotopic (exact) mass is 349 g/mol. The van der Waals surface area contributed by atoms with Crippen LogP contribution in [0.5, 0.6) is 11.5 Å². The molecule has 0 atom stereocenters. The number of fused-ring (bicyclic) bond motifs is 1. The fraction of sp³-hybridized carbons (Fsp3) is 0.105. The van der Waals surface area contributed by atoms with Gasteiger partial charge >= 0.3 is 0 Å². The van der Waals surface area contributed by atoms with Crippen molar-refractivity contribution in [1.29, 1.82) is 0 Å². The van der Waals surface area contributed by atoms with E-state index in [9.17, 15) is 4.79 Å². The minimum absolute atomic E-state index is 0.157. The van der Waals surface area contributed by atoms with E-state index in [1.54, 1.807) is 6.08 Å². The number of aromatic nitrogens is 2. The Morgan fingerprint density at radius 2 is 1.96 bits per heavy atom. The number of nitrogens with one attached hydrogen (secondary N) is 1. The van der Waals surface area contributed by atoms with Gasteiger partial charge in [-0.1, -0.05) is 41.6 Å². The Balaban J connectivity index is 1.33. The Morgan fingerprint density at radius 1 is 1.12 bits per heavy atom. The largest absolute Gasteiger partial charge is 0.454 e. The average molecular weight is 349 g/mol. The fourth-order valence-corrected chi connectivity index (χ4v) is 2.44. The Labute approximate surface area is 149 Å². The smallest absolute Gasteiger partial charge is 0.246 e. The molecule has 0 spiro atoms. The third kappa shape index (κ3) is 3.56. The van der Waals surface area contributed by atoms with Gasteiger partial charge in [0.05, 0.1) is 6.54 Å². The second-order valence-electron chi connectivity index (χ2n) is 5.54. The fourth-order valence-electron chi connectivity index (χ4n) is 2.44. The first-order chi connectivity index (χ1) is 12.8. The lowest BCUT2D eigenvalue weighted by Gasteiger charge is -1.99. The third-order valence-electron chi connectivity index (χ3n) is 3.74. The molecule has 4 rings (SSSR count). The quantitative estimate of drug-likeness (QED) is 0.713. The first-order valence-corrected chi connectivity index (χ1v) is 8.01. The highest BCUT2D eigenvalue weighted by Crippen LogP contribution is 2.32. The number of amides is 1. The maximum Gasteiger partial charge on any atom is 0.246 e. The minimum Gasteiger partial charge on any atom is -0.454 e. The van der Waals surface area contributed by atoms with E-state index in [-0.39, 0.29) is 19.2 Å². The summed E-state index contributed by atoms with van der Waals surface area (Å²) >= 11 is 0. The molecule has 0 radical (unpaired) electrons. The van der Waals surface area contributed by atoms with Crippen molar-refractivity contribution in [1.82, 2.24) is 15.5 Å². The number of benzene rings is 2. The van der Waals surface area contributed by atoms with Gasteiger partial charge in [0.25, 0.3) is 0 Å². The van der Waals surface area contributed by atoms with Crippen molar-refractivity contribution in [2.24, 2.45) is 0 Å². The molecule has 3 aromatic rings. The number of hydrogen-bond donors (Lipinski definition) is 1. The van der Waals surface area contributed by atoms with E-state index in [1.165, 1.54) is 6.08 Å². The summed E-state index contributed by atoms with van der Waals surface area (Å²) < 4.78 is 15.7. The summed E-state index contributed by atoms with van der Waals surface area (Å²) in [5.74, 6) is 1.95. The van der Waals surface area contributed by atoms with Crippen molar-refractivity contribution in [2.75, 3.05) is 6.79 Å². The lowest BCUT2D eigenvalue weighted by Crippen LogP contribution is -2.20. The molecule has 0 saturated carbocycles. The van der Waals surface area contributed by atoms with Crippen LogP contribution in [0.4, 0.5) is 0 Å². The third-order valence-corrected chi connectivity index (χ3v) is 3.74. The van der Waals surface area contributed by atoms with Crippen LogP contribution in [0.1, 0.15) is 11.5 Å². The van der Waals surface area contributed by atoms with Crippen LogP contribution in [0, 0.1) is 0 Å². The second kappa shape index (κ2) is 7.10.